The van der Waals surface area contributed by atoms with Crippen molar-refractivity contribution in [1.29, 1.82) is 0 Å². The number of anilines is 1. The number of carbonyl (C=O) groups is 1. The Kier molecular flexibility index (Phi) is 4.75. The Bertz CT molecular complexity index is 785. The fraction of sp³-hybridized carbons (Fsp3) is 0.286. The Balaban J connectivity index is 1.60. The van der Waals surface area contributed by atoms with Crippen molar-refractivity contribution in [2.75, 3.05) is 12.4 Å². The maximum atomic E-state index is 12.1. The van der Waals surface area contributed by atoms with Crippen LogP contribution in [0.25, 0.3) is 5.69 Å². The van der Waals surface area contributed by atoms with Crippen molar-refractivity contribution >= 4 is 11.6 Å². The third-order valence-corrected chi connectivity index (χ3v) is 3.33. The van der Waals surface area contributed by atoms with E-state index in [2.05, 4.69) is 30.9 Å². The lowest BCUT2D eigenvalue weighted by Gasteiger charge is -2.11. The zero-order chi connectivity index (χ0) is 16.8. The van der Waals surface area contributed by atoms with E-state index in [-0.39, 0.29) is 5.91 Å². The maximum Gasteiger partial charge on any atom is 0.224 e. The molecule has 124 valence electrons. The van der Waals surface area contributed by atoms with Gasteiger partial charge in [-0.2, -0.15) is 5.10 Å². The topological polar surface area (TPSA) is 113 Å². The first-order valence-corrected chi connectivity index (χ1v) is 7.30. The van der Waals surface area contributed by atoms with Crippen LogP contribution in [0.15, 0.2) is 37.2 Å². The zero-order valence-electron chi connectivity index (χ0n) is 13.0. The van der Waals surface area contributed by atoms with E-state index in [9.17, 15) is 4.79 Å². The number of aromatic nitrogens is 7. The van der Waals surface area contributed by atoms with E-state index in [1.807, 2.05) is 0 Å². The molecular formula is C14H16N8O2. The molecule has 0 saturated heterocycles. The molecule has 1 N–H and O–H groups in total. The molecule has 3 aromatic rings. The summed E-state index contributed by atoms with van der Waals surface area (Å²) in [5.74, 6) is 0.441. The molecule has 0 fully saturated rings. The molecule has 2 heterocycles. The van der Waals surface area contributed by atoms with Crippen LogP contribution in [-0.4, -0.2) is 48.0 Å². The Hall–Kier alpha value is -3.30. The van der Waals surface area contributed by atoms with E-state index in [0.29, 0.717) is 30.8 Å². The normalized spacial score (nSPS) is 10.5. The second kappa shape index (κ2) is 7.31. The minimum atomic E-state index is -0.0939. The molecule has 0 aliphatic heterocycles. The maximum absolute atomic E-state index is 12.1. The van der Waals surface area contributed by atoms with Crippen LogP contribution in [0.2, 0.25) is 0 Å². The largest absolute Gasteiger partial charge is 0.494 e. The van der Waals surface area contributed by atoms with E-state index in [4.69, 9.17) is 4.74 Å². The van der Waals surface area contributed by atoms with E-state index < -0.39 is 0 Å². The van der Waals surface area contributed by atoms with Gasteiger partial charge in [-0.25, -0.2) is 9.67 Å². The lowest BCUT2D eigenvalue weighted by atomic mass is 10.2. The summed E-state index contributed by atoms with van der Waals surface area (Å²) in [6.07, 6.45) is 5.62. The number of hydrogen-bond donors (Lipinski definition) is 1. The van der Waals surface area contributed by atoms with Gasteiger partial charge in [0.2, 0.25) is 5.91 Å². The molecule has 1 amide bonds. The Morgan fingerprint density at radius 3 is 2.96 bits per heavy atom. The highest BCUT2D eigenvalue weighted by Crippen LogP contribution is 2.27. The predicted octanol–water partition coefficient (Wildman–Crippen LogP) is 0.681. The highest BCUT2D eigenvalue weighted by molar-refractivity contribution is 5.92. The van der Waals surface area contributed by atoms with E-state index >= 15 is 0 Å². The van der Waals surface area contributed by atoms with Crippen LogP contribution in [0.1, 0.15) is 12.8 Å². The number of carbonyl (C=O) groups excluding carboxylic acids is 1. The number of ether oxygens (including phenoxy) is 1. The first-order valence-electron chi connectivity index (χ1n) is 7.30. The van der Waals surface area contributed by atoms with Crippen LogP contribution < -0.4 is 10.1 Å². The molecule has 0 saturated carbocycles. The number of aryl methyl sites for hydroxylation is 1. The third-order valence-electron chi connectivity index (χ3n) is 3.33. The van der Waals surface area contributed by atoms with Crippen LogP contribution in [-0.2, 0) is 11.3 Å². The summed E-state index contributed by atoms with van der Waals surface area (Å²) in [5, 5.41) is 17.8. The number of nitrogens with zero attached hydrogens (tertiary/aromatic N) is 7. The molecule has 0 aliphatic rings. The number of methoxy groups -OCH3 is 1. The molecule has 0 radical (unpaired) electrons. The van der Waals surface area contributed by atoms with Crippen LogP contribution in [0.3, 0.4) is 0 Å². The van der Waals surface area contributed by atoms with Gasteiger partial charge in [0.25, 0.3) is 0 Å². The molecule has 0 atom stereocenters. The van der Waals surface area contributed by atoms with E-state index in [0.717, 1.165) is 5.69 Å². The van der Waals surface area contributed by atoms with Gasteiger partial charge in [-0.1, -0.05) is 0 Å². The first kappa shape index (κ1) is 15.6. The lowest BCUT2D eigenvalue weighted by molar-refractivity contribution is -0.116. The van der Waals surface area contributed by atoms with Crippen LogP contribution >= 0.6 is 0 Å². The molecule has 0 aliphatic carbocycles. The number of rotatable bonds is 7. The Morgan fingerprint density at radius 2 is 2.25 bits per heavy atom. The van der Waals surface area contributed by atoms with Crippen LogP contribution in [0.5, 0.6) is 5.75 Å². The summed E-state index contributed by atoms with van der Waals surface area (Å²) in [6.45, 7) is 0.642. The molecule has 1 aromatic carbocycles. The summed E-state index contributed by atoms with van der Waals surface area (Å²) < 4.78 is 8.52. The average Bonchev–Trinajstić information content (AvgIpc) is 3.29. The van der Waals surface area contributed by atoms with Crippen molar-refractivity contribution in [1.82, 2.24) is 35.0 Å². The molecule has 2 aromatic heterocycles. The first-order chi connectivity index (χ1) is 11.8. The van der Waals surface area contributed by atoms with Gasteiger partial charge in [-0.15, -0.1) is 5.10 Å². The van der Waals surface area contributed by atoms with Crippen molar-refractivity contribution in [3.63, 3.8) is 0 Å². The Labute approximate surface area is 137 Å². The highest BCUT2D eigenvalue weighted by atomic mass is 16.5. The summed E-state index contributed by atoms with van der Waals surface area (Å²) >= 11 is 0. The van der Waals surface area contributed by atoms with Gasteiger partial charge in [0.1, 0.15) is 24.7 Å². The molecular weight excluding hydrogens is 312 g/mol. The van der Waals surface area contributed by atoms with Crippen LogP contribution in [0, 0.1) is 0 Å². The van der Waals surface area contributed by atoms with Gasteiger partial charge in [0.05, 0.1) is 18.5 Å². The molecule has 10 heteroatoms. The number of amides is 1. The molecule has 0 unspecified atom stereocenters. The SMILES string of the molecule is COc1cc(-n2cnnn2)ccc1NC(=O)CCCn1cncn1. The monoisotopic (exact) mass is 328 g/mol. The van der Waals surface area contributed by atoms with Gasteiger partial charge in [-0.3, -0.25) is 9.48 Å². The van der Waals surface area contributed by atoms with Crippen molar-refractivity contribution < 1.29 is 9.53 Å². The quantitative estimate of drug-likeness (QED) is 0.678. The van der Waals surface area contributed by atoms with Crippen molar-refractivity contribution in [2.24, 2.45) is 0 Å². The second-order valence-electron chi connectivity index (χ2n) is 4.95. The fourth-order valence-electron chi connectivity index (χ4n) is 2.17. The third kappa shape index (κ3) is 3.72. The number of nitrogens with one attached hydrogen (secondary N) is 1. The number of hydrogen-bond acceptors (Lipinski definition) is 7. The summed E-state index contributed by atoms with van der Waals surface area (Å²) in [4.78, 5) is 15.9. The molecule has 0 bridgehead atoms. The number of benzene rings is 1. The minimum absolute atomic E-state index is 0.0939. The standard InChI is InChI=1S/C14H16N8O2/c1-24-13-7-11(22-10-16-19-20-22)4-5-12(13)18-14(23)3-2-6-21-9-15-8-17-21/h4-5,7-10H,2-3,6H2,1H3,(H,18,23). The lowest BCUT2D eigenvalue weighted by Crippen LogP contribution is -2.13. The van der Waals surface area contributed by atoms with E-state index in [1.54, 1.807) is 36.3 Å². The van der Waals surface area contributed by atoms with Gasteiger partial charge in [0.15, 0.2) is 0 Å². The Morgan fingerprint density at radius 1 is 1.33 bits per heavy atom. The van der Waals surface area contributed by atoms with Gasteiger partial charge in [0, 0.05) is 19.0 Å². The predicted molar refractivity (Wildman–Crippen MR) is 83.6 cm³/mol. The summed E-state index contributed by atoms with van der Waals surface area (Å²) in [7, 11) is 1.54. The minimum Gasteiger partial charge on any atom is -0.494 e. The average molecular weight is 328 g/mol. The van der Waals surface area contributed by atoms with Crippen molar-refractivity contribution in [2.45, 2.75) is 19.4 Å². The number of tetrazole rings is 1. The van der Waals surface area contributed by atoms with Gasteiger partial charge >= 0.3 is 0 Å². The molecule has 0 spiro atoms. The van der Waals surface area contributed by atoms with Gasteiger partial charge < -0.3 is 10.1 Å². The van der Waals surface area contributed by atoms with Crippen molar-refractivity contribution in [3.8, 4) is 11.4 Å². The summed E-state index contributed by atoms with van der Waals surface area (Å²) in [5.41, 5.74) is 1.33. The van der Waals surface area contributed by atoms with Crippen molar-refractivity contribution in [3.05, 3.63) is 37.2 Å². The smallest absolute Gasteiger partial charge is 0.224 e. The summed E-state index contributed by atoms with van der Waals surface area (Å²) in [6, 6.07) is 5.30. The molecule has 3 rings (SSSR count). The zero-order valence-corrected chi connectivity index (χ0v) is 13.0. The second-order valence-corrected chi connectivity index (χ2v) is 4.95. The van der Waals surface area contributed by atoms with Gasteiger partial charge in [-0.05, 0) is 29.0 Å². The fourth-order valence-corrected chi connectivity index (χ4v) is 2.17. The molecule has 24 heavy (non-hydrogen) atoms. The highest BCUT2D eigenvalue weighted by Gasteiger charge is 2.10. The van der Waals surface area contributed by atoms with Crippen LogP contribution in [0.4, 0.5) is 5.69 Å². The molecule has 10 nitrogen and oxygen atoms in total. The van der Waals surface area contributed by atoms with E-state index in [1.165, 1.54) is 17.3 Å².